The van der Waals surface area contributed by atoms with E-state index in [2.05, 4.69) is 0 Å². The zero-order valence-corrected chi connectivity index (χ0v) is 8.99. The summed E-state index contributed by atoms with van der Waals surface area (Å²) in [5.41, 5.74) is 2.83. The largest absolute Gasteiger partial charge is 0.320 e. The Hall–Kier alpha value is -1.63. The van der Waals surface area contributed by atoms with Crippen molar-refractivity contribution in [2.75, 3.05) is 0 Å². The van der Waals surface area contributed by atoms with Crippen LogP contribution in [-0.4, -0.2) is 16.9 Å². The lowest BCUT2D eigenvalue weighted by molar-refractivity contribution is -0.385. The maximum Gasteiger partial charge on any atom is 0.272 e. The van der Waals surface area contributed by atoms with E-state index in [1.165, 1.54) is 0 Å². The van der Waals surface area contributed by atoms with Crippen molar-refractivity contribution in [2.24, 2.45) is 5.73 Å². The summed E-state index contributed by atoms with van der Waals surface area (Å²) in [5, 5.41) is 10.6. The van der Waals surface area contributed by atoms with Gasteiger partial charge in [-0.1, -0.05) is 0 Å². The summed E-state index contributed by atoms with van der Waals surface area (Å²) in [4.78, 5) is 9.89. The maximum atomic E-state index is 12.9. The third kappa shape index (κ3) is 3.16. The van der Waals surface area contributed by atoms with Crippen molar-refractivity contribution >= 4 is 5.69 Å². The van der Waals surface area contributed by atoms with Gasteiger partial charge in [-0.15, -0.1) is 0 Å². The molecule has 0 bridgehead atoms. The molecule has 1 atom stereocenters. The molecule has 0 heterocycles. The Bertz CT molecular complexity index is 436. The van der Waals surface area contributed by atoms with Gasteiger partial charge >= 0.3 is 0 Å². The van der Waals surface area contributed by atoms with Gasteiger partial charge in [0, 0.05) is 18.1 Å². The first-order valence-corrected chi connectivity index (χ1v) is 4.74. The number of nitrogens with zero attached hydrogens (tertiary/aromatic N) is 1. The molecule has 0 fully saturated rings. The lowest BCUT2D eigenvalue weighted by Crippen LogP contribution is -2.46. The fourth-order valence-electron chi connectivity index (χ4n) is 1.36. The molecule has 1 aromatic carbocycles. The summed E-state index contributed by atoms with van der Waals surface area (Å²) in [7, 11) is 0. The van der Waals surface area contributed by atoms with E-state index in [0.29, 0.717) is 0 Å². The molecule has 0 aliphatic carbocycles. The number of nitrogens with two attached hydrogens (primary N) is 1. The molecule has 0 spiro atoms. The average molecular weight is 248 g/mol. The molecule has 7 heteroatoms. The second-order valence-corrected chi connectivity index (χ2v) is 4.01. The first-order chi connectivity index (χ1) is 7.74. The van der Waals surface area contributed by atoms with Crippen LogP contribution in [0.4, 0.5) is 18.9 Å². The molecule has 17 heavy (non-hydrogen) atoms. The zero-order chi connectivity index (χ0) is 13.2. The van der Waals surface area contributed by atoms with Gasteiger partial charge in [0.05, 0.1) is 10.5 Å². The molecular formula is C10H11F3N2O2. The Morgan fingerprint density at radius 3 is 2.59 bits per heavy atom. The smallest absolute Gasteiger partial charge is 0.272 e. The number of rotatable bonds is 4. The first kappa shape index (κ1) is 13.4. The average Bonchev–Trinajstić information content (AvgIpc) is 2.15. The highest BCUT2D eigenvalue weighted by Gasteiger charge is 2.33. The summed E-state index contributed by atoms with van der Waals surface area (Å²) in [6.45, 7) is 1.06. The standard InChI is InChI=1S/C10H11F3N2O2/c1-10(14,9(12)13)5-6-4-7(11)2-3-8(6)15(16)17/h2-4,9H,5,14H2,1H3. The van der Waals surface area contributed by atoms with Gasteiger partial charge in [0.1, 0.15) is 5.82 Å². The molecule has 0 saturated heterocycles. The molecule has 94 valence electrons. The van der Waals surface area contributed by atoms with Gasteiger partial charge in [-0.3, -0.25) is 10.1 Å². The number of hydrogen-bond acceptors (Lipinski definition) is 3. The fourth-order valence-corrected chi connectivity index (χ4v) is 1.36. The number of alkyl halides is 2. The normalized spacial score (nSPS) is 14.7. The van der Waals surface area contributed by atoms with Crippen LogP contribution >= 0.6 is 0 Å². The van der Waals surface area contributed by atoms with Gasteiger partial charge in [0.2, 0.25) is 0 Å². The molecule has 1 aromatic rings. The first-order valence-electron chi connectivity index (χ1n) is 4.74. The molecule has 0 amide bonds. The number of nitro groups is 1. The zero-order valence-electron chi connectivity index (χ0n) is 8.99. The van der Waals surface area contributed by atoms with Crippen molar-refractivity contribution in [1.29, 1.82) is 0 Å². The van der Waals surface area contributed by atoms with E-state index in [1.807, 2.05) is 0 Å². The van der Waals surface area contributed by atoms with Crippen molar-refractivity contribution < 1.29 is 18.1 Å². The predicted molar refractivity (Wildman–Crippen MR) is 55.4 cm³/mol. The van der Waals surface area contributed by atoms with Crippen LogP contribution in [0.25, 0.3) is 0 Å². The van der Waals surface area contributed by atoms with Gasteiger partial charge < -0.3 is 5.73 Å². The molecule has 4 nitrogen and oxygen atoms in total. The third-order valence-corrected chi connectivity index (χ3v) is 2.31. The van der Waals surface area contributed by atoms with E-state index in [9.17, 15) is 23.3 Å². The number of halogens is 3. The Morgan fingerprint density at radius 2 is 2.12 bits per heavy atom. The molecule has 0 radical (unpaired) electrons. The minimum absolute atomic E-state index is 0.139. The van der Waals surface area contributed by atoms with Gasteiger partial charge in [-0.05, 0) is 19.1 Å². The summed E-state index contributed by atoms with van der Waals surface area (Å²) in [6, 6.07) is 2.69. The Kier molecular flexibility index (Phi) is 3.72. The van der Waals surface area contributed by atoms with Crippen molar-refractivity contribution in [2.45, 2.75) is 25.3 Å². The quantitative estimate of drug-likeness (QED) is 0.656. The van der Waals surface area contributed by atoms with E-state index in [-0.39, 0.29) is 5.56 Å². The third-order valence-electron chi connectivity index (χ3n) is 2.31. The second-order valence-electron chi connectivity index (χ2n) is 4.01. The number of nitro benzene ring substituents is 1. The maximum absolute atomic E-state index is 12.9. The van der Waals surface area contributed by atoms with Gasteiger partial charge in [0.15, 0.2) is 0 Å². The van der Waals surface area contributed by atoms with E-state index in [0.717, 1.165) is 25.1 Å². The Balaban J connectivity index is 3.13. The van der Waals surface area contributed by atoms with Crippen LogP contribution in [0.3, 0.4) is 0 Å². The molecule has 0 saturated carbocycles. The lowest BCUT2D eigenvalue weighted by atomic mass is 9.93. The summed E-state index contributed by atoms with van der Waals surface area (Å²) >= 11 is 0. The molecule has 2 N–H and O–H groups in total. The van der Waals surface area contributed by atoms with Crippen LogP contribution in [0.2, 0.25) is 0 Å². The highest BCUT2D eigenvalue weighted by atomic mass is 19.3. The summed E-state index contributed by atoms with van der Waals surface area (Å²) in [6.07, 6.45) is -3.33. The predicted octanol–water partition coefficient (Wildman–Crippen LogP) is 2.26. The fraction of sp³-hybridized carbons (Fsp3) is 0.400. The van der Waals surface area contributed by atoms with Crippen molar-refractivity contribution in [3.8, 4) is 0 Å². The van der Waals surface area contributed by atoms with Crippen LogP contribution in [0.15, 0.2) is 18.2 Å². The van der Waals surface area contributed by atoms with E-state index in [1.54, 1.807) is 0 Å². The topological polar surface area (TPSA) is 69.2 Å². The minimum atomic E-state index is -2.86. The number of hydrogen-bond donors (Lipinski definition) is 1. The molecular weight excluding hydrogens is 237 g/mol. The lowest BCUT2D eigenvalue weighted by Gasteiger charge is -2.23. The minimum Gasteiger partial charge on any atom is -0.320 e. The molecule has 1 rings (SSSR count). The Labute approximate surface area is 95.4 Å². The Morgan fingerprint density at radius 1 is 1.53 bits per heavy atom. The van der Waals surface area contributed by atoms with Crippen molar-refractivity contribution in [1.82, 2.24) is 0 Å². The van der Waals surface area contributed by atoms with Gasteiger partial charge in [-0.25, -0.2) is 13.2 Å². The summed E-state index contributed by atoms with van der Waals surface area (Å²) in [5.74, 6) is -0.726. The molecule has 0 aromatic heterocycles. The van der Waals surface area contributed by atoms with Crippen LogP contribution in [0.5, 0.6) is 0 Å². The highest BCUT2D eigenvalue weighted by molar-refractivity contribution is 5.41. The van der Waals surface area contributed by atoms with Crippen LogP contribution < -0.4 is 5.73 Å². The van der Waals surface area contributed by atoms with E-state index < -0.39 is 34.8 Å². The van der Waals surface area contributed by atoms with E-state index in [4.69, 9.17) is 5.73 Å². The summed E-state index contributed by atoms with van der Waals surface area (Å²) < 4.78 is 38.0. The monoisotopic (exact) mass is 248 g/mol. The SMILES string of the molecule is CC(N)(Cc1cc(F)ccc1[N+](=O)[O-])C(F)F. The van der Waals surface area contributed by atoms with Crippen molar-refractivity contribution in [3.63, 3.8) is 0 Å². The molecule has 1 unspecified atom stereocenters. The van der Waals surface area contributed by atoms with Crippen LogP contribution in [-0.2, 0) is 6.42 Å². The highest BCUT2D eigenvalue weighted by Crippen LogP contribution is 2.26. The number of benzene rings is 1. The second kappa shape index (κ2) is 4.70. The molecule has 0 aliphatic heterocycles. The molecule has 0 aliphatic rings. The van der Waals surface area contributed by atoms with Crippen molar-refractivity contribution in [3.05, 3.63) is 39.7 Å². The van der Waals surface area contributed by atoms with Gasteiger partial charge in [-0.2, -0.15) is 0 Å². The van der Waals surface area contributed by atoms with E-state index >= 15 is 0 Å². The van der Waals surface area contributed by atoms with Gasteiger partial charge in [0.25, 0.3) is 12.1 Å². The van der Waals surface area contributed by atoms with Crippen LogP contribution in [0.1, 0.15) is 12.5 Å². The van der Waals surface area contributed by atoms with Crippen LogP contribution in [0, 0.1) is 15.9 Å².